The highest BCUT2D eigenvalue weighted by Gasteiger charge is 2.15. The van der Waals surface area contributed by atoms with Gasteiger partial charge in [-0.05, 0) is 25.5 Å². The molecule has 10 heteroatoms. The highest BCUT2D eigenvalue weighted by atomic mass is 16.6. The van der Waals surface area contributed by atoms with Gasteiger partial charge in [-0.15, -0.1) is 0 Å². The van der Waals surface area contributed by atoms with Crippen molar-refractivity contribution in [2.45, 2.75) is 13.8 Å². The van der Waals surface area contributed by atoms with Crippen molar-refractivity contribution in [3.05, 3.63) is 76.4 Å². The molecule has 162 valence electrons. The largest absolute Gasteiger partial charge is 0.368 e. The van der Waals surface area contributed by atoms with Gasteiger partial charge in [0.2, 0.25) is 5.95 Å². The number of hydrogen-bond donors (Lipinski definition) is 3. The smallest absolute Gasteiger partial charge is 0.287 e. The van der Waals surface area contributed by atoms with Gasteiger partial charge in [-0.1, -0.05) is 23.8 Å². The second-order valence-corrected chi connectivity index (χ2v) is 7.22. The van der Waals surface area contributed by atoms with E-state index in [4.69, 9.17) is 4.98 Å². The molecule has 0 radical (unpaired) electrons. The second-order valence-electron chi connectivity index (χ2n) is 7.22. The number of nitro groups is 1. The van der Waals surface area contributed by atoms with Gasteiger partial charge in [0.15, 0.2) is 0 Å². The highest BCUT2D eigenvalue weighted by molar-refractivity contribution is 5.79. The van der Waals surface area contributed by atoms with Crippen molar-refractivity contribution in [1.82, 2.24) is 24.9 Å². The van der Waals surface area contributed by atoms with Crippen LogP contribution in [0.1, 0.15) is 11.1 Å². The van der Waals surface area contributed by atoms with Gasteiger partial charge in [0, 0.05) is 43.3 Å². The van der Waals surface area contributed by atoms with Crippen LogP contribution in [0.15, 0.2) is 55.1 Å². The number of anilines is 2. The lowest BCUT2D eigenvalue weighted by Crippen LogP contribution is -2.16. The Hall–Kier alpha value is -4.34. The van der Waals surface area contributed by atoms with Crippen molar-refractivity contribution in [1.29, 1.82) is 0 Å². The predicted octanol–water partition coefficient (Wildman–Crippen LogP) is 3.98. The quantitative estimate of drug-likeness (QED) is 0.217. The van der Waals surface area contributed by atoms with Crippen LogP contribution in [-0.2, 0) is 0 Å². The molecule has 32 heavy (non-hydrogen) atoms. The Balaban J connectivity index is 1.49. The summed E-state index contributed by atoms with van der Waals surface area (Å²) in [6, 6.07) is 9.23. The van der Waals surface area contributed by atoms with Gasteiger partial charge < -0.3 is 15.6 Å². The summed E-state index contributed by atoms with van der Waals surface area (Å²) in [5, 5.41) is 17.0. The molecule has 0 spiro atoms. The Morgan fingerprint density at radius 1 is 1.00 bits per heavy atom. The second kappa shape index (κ2) is 9.21. The SMILES string of the molecule is Cc1ccc(-c2nc(NCCNc3ccc([N+](=O)[O-])cn3)ncc2-c2ncc[nH]2)c(C)c1. The molecule has 3 heterocycles. The van der Waals surface area contributed by atoms with Crippen molar-refractivity contribution in [2.24, 2.45) is 0 Å². The Morgan fingerprint density at radius 3 is 2.53 bits per heavy atom. The van der Waals surface area contributed by atoms with E-state index in [9.17, 15) is 10.1 Å². The van der Waals surface area contributed by atoms with Crippen LogP contribution < -0.4 is 10.6 Å². The zero-order valence-electron chi connectivity index (χ0n) is 17.7. The van der Waals surface area contributed by atoms with Crippen LogP contribution in [0, 0.1) is 24.0 Å². The Labute approximate surface area is 184 Å². The summed E-state index contributed by atoms with van der Waals surface area (Å²) in [5.41, 5.74) is 4.89. The zero-order chi connectivity index (χ0) is 22.5. The average Bonchev–Trinajstić information content (AvgIpc) is 3.32. The zero-order valence-corrected chi connectivity index (χ0v) is 17.7. The number of nitrogens with zero attached hydrogens (tertiary/aromatic N) is 5. The summed E-state index contributed by atoms with van der Waals surface area (Å²) in [4.78, 5) is 31.0. The van der Waals surface area contributed by atoms with Crippen LogP contribution in [0.4, 0.5) is 17.5 Å². The first-order valence-electron chi connectivity index (χ1n) is 10.0. The van der Waals surface area contributed by atoms with Crippen molar-refractivity contribution in [3.8, 4) is 22.6 Å². The summed E-state index contributed by atoms with van der Waals surface area (Å²) in [7, 11) is 0. The number of nitrogens with one attached hydrogen (secondary N) is 3. The van der Waals surface area contributed by atoms with E-state index in [0.717, 1.165) is 22.4 Å². The molecule has 3 N–H and O–H groups in total. The molecule has 4 rings (SSSR count). The molecule has 0 atom stereocenters. The fourth-order valence-electron chi connectivity index (χ4n) is 3.30. The minimum absolute atomic E-state index is 0.0438. The van der Waals surface area contributed by atoms with Crippen molar-refractivity contribution >= 4 is 17.5 Å². The van der Waals surface area contributed by atoms with Crippen LogP contribution in [-0.4, -0.2) is 42.9 Å². The van der Waals surface area contributed by atoms with E-state index in [1.807, 2.05) is 0 Å². The Morgan fingerprint density at radius 2 is 1.84 bits per heavy atom. The van der Waals surface area contributed by atoms with Crippen molar-refractivity contribution in [2.75, 3.05) is 23.7 Å². The average molecular weight is 430 g/mol. The minimum Gasteiger partial charge on any atom is -0.368 e. The Bertz CT molecular complexity index is 1220. The van der Waals surface area contributed by atoms with Gasteiger partial charge in [0.1, 0.15) is 17.8 Å². The molecule has 0 saturated carbocycles. The van der Waals surface area contributed by atoms with E-state index in [0.29, 0.717) is 30.7 Å². The first-order valence-corrected chi connectivity index (χ1v) is 10.0. The lowest BCUT2D eigenvalue weighted by atomic mass is 10.00. The van der Waals surface area contributed by atoms with Crippen LogP contribution in [0.2, 0.25) is 0 Å². The number of aryl methyl sites for hydroxylation is 2. The lowest BCUT2D eigenvalue weighted by Gasteiger charge is -2.13. The molecule has 1 aromatic carbocycles. The third-order valence-electron chi connectivity index (χ3n) is 4.85. The minimum atomic E-state index is -0.477. The summed E-state index contributed by atoms with van der Waals surface area (Å²) in [5.74, 6) is 1.76. The van der Waals surface area contributed by atoms with Crippen LogP contribution >= 0.6 is 0 Å². The molecule has 0 unspecified atom stereocenters. The molecule has 0 aliphatic rings. The number of pyridine rings is 1. The number of imidazole rings is 1. The fraction of sp³-hybridized carbons (Fsp3) is 0.182. The maximum atomic E-state index is 10.7. The molecule has 0 bridgehead atoms. The molecule has 0 aliphatic carbocycles. The molecule has 0 aliphatic heterocycles. The fourth-order valence-corrected chi connectivity index (χ4v) is 3.30. The van der Waals surface area contributed by atoms with Crippen LogP contribution in [0.3, 0.4) is 0 Å². The third-order valence-corrected chi connectivity index (χ3v) is 4.85. The van der Waals surface area contributed by atoms with Gasteiger partial charge in [0.05, 0.1) is 16.2 Å². The van der Waals surface area contributed by atoms with Gasteiger partial charge in [-0.25, -0.2) is 19.9 Å². The predicted molar refractivity (Wildman–Crippen MR) is 122 cm³/mol. The standard InChI is InChI=1S/C22H22N8O2/c1-14-3-5-17(15(2)11-14)20-18(21-24-8-9-25-21)13-28-22(29-20)26-10-7-23-19-6-4-16(12-27-19)30(31)32/h3-6,8-9,11-13H,7,10H2,1-2H3,(H,23,27)(H,24,25)(H,26,28,29). The number of hydrogen-bond acceptors (Lipinski definition) is 8. The number of aromatic nitrogens is 5. The highest BCUT2D eigenvalue weighted by Crippen LogP contribution is 2.31. The van der Waals surface area contributed by atoms with E-state index in [2.05, 4.69) is 62.6 Å². The van der Waals surface area contributed by atoms with Gasteiger partial charge in [-0.3, -0.25) is 10.1 Å². The first-order chi connectivity index (χ1) is 15.5. The molecule has 10 nitrogen and oxygen atoms in total. The van der Waals surface area contributed by atoms with Crippen molar-refractivity contribution in [3.63, 3.8) is 0 Å². The molecular weight excluding hydrogens is 408 g/mol. The van der Waals surface area contributed by atoms with Gasteiger partial charge in [0.25, 0.3) is 5.69 Å². The maximum Gasteiger partial charge on any atom is 0.287 e. The molecular formula is C22H22N8O2. The lowest BCUT2D eigenvalue weighted by molar-refractivity contribution is -0.385. The number of H-pyrrole nitrogens is 1. The normalized spacial score (nSPS) is 10.7. The van der Waals surface area contributed by atoms with Crippen LogP contribution in [0.25, 0.3) is 22.6 Å². The monoisotopic (exact) mass is 430 g/mol. The molecule has 0 fully saturated rings. The van der Waals surface area contributed by atoms with Crippen molar-refractivity contribution < 1.29 is 4.92 Å². The molecule has 3 aromatic heterocycles. The van der Waals surface area contributed by atoms with E-state index < -0.39 is 4.92 Å². The molecule has 4 aromatic rings. The number of aromatic amines is 1. The summed E-state index contributed by atoms with van der Waals surface area (Å²) in [6.45, 7) is 5.19. The topological polar surface area (TPSA) is 135 Å². The Kier molecular flexibility index (Phi) is 6.02. The summed E-state index contributed by atoms with van der Waals surface area (Å²) in [6.07, 6.45) is 6.45. The number of benzene rings is 1. The maximum absolute atomic E-state index is 10.7. The summed E-state index contributed by atoms with van der Waals surface area (Å²) < 4.78 is 0. The summed E-state index contributed by atoms with van der Waals surface area (Å²) >= 11 is 0. The molecule has 0 saturated heterocycles. The van der Waals surface area contributed by atoms with Gasteiger partial charge in [-0.2, -0.15) is 0 Å². The van der Waals surface area contributed by atoms with E-state index in [1.54, 1.807) is 24.7 Å². The molecule has 0 amide bonds. The first kappa shape index (κ1) is 20.9. The van der Waals surface area contributed by atoms with E-state index in [1.165, 1.54) is 17.8 Å². The third kappa shape index (κ3) is 4.69. The van der Waals surface area contributed by atoms with Gasteiger partial charge >= 0.3 is 0 Å². The van der Waals surface area contributed by atoms with Crippen LogP contribution in [0.5, 0.6) is 0 Å². The number of rotatable bonds is 8. The van der Waals surface area contributed by atoms with E-state index >= 15 is 0 Å². The van der Waals surface area contributed by atoms with E-state index in [-0.39, 0.29) is 5.69 Å².